The Balaban J connectivity index is 0.00000176. The summed E-state index contributed by atoms with van der Waals surface area (Å²) < 4.78 is 0. The lowest BCUT2D eigenvalue weighted by Crippen LogP contribution is -2.39. The number of aromatic amines is 1. The number of nitrogens with one attached hydrogen (secondary N) is 3. The monoisotopic (exact) mass is 412 g/mol. The molecule has 3 rings (SSSR count). The Morgan fingerprint density at radius 2 is 2.14 bits per heavy atom. The number of para-hydroxylation sites is 1. The highest BCUT2D eigenvalue weighted by Gasteiger charge is 2.20. The molecule has 1 aromatic heterocycles. The van der Waals surface area contributed by atoms with Crippen LogP contribution in [0.3, 0.4) is 0 Å². The number of hydrogen-bond acceptors (Lipinski definition) is 1. The highest BCUT2D eigenvalue weighted by atomic mass is 127. The first-order chi connectivity index (χ1) is 10.3. The predicted molar refractivity (Wildman–Crippen MR) is 104 cm³/mol. The first kappa shape index (κ1) is 17.1. The van der Waals surface area contributed by atoms with Gasteiger partial charge < -0.3 is 15.6 Å². The van der Waals surface area contributed by atoms with Gasteiger partial charge in [-0.25, -0.2) is 0 Å². The number of guanidine groups is 1. The number of benzene rings is 1. The van der Waals surface area contributed by atoms with Crippen molar-refractivity contribution < 1.29 is 0 Å². The zero-order chi connectivity index (χ0) is 14.7. The number of fused-ring (bicyclic) bond motifs is 1. The normalized spacial score (nSPS) is 14.7. The lowest BCUT2D eigenvalue weighted by molar-refractivity contribution is 0.735. The average Bonchev–Trinajstić information content (AvgIpc) is 3.23. The average molecular weight is 412 g/mol. The summed E-state index contributed by atoms with van der Waals surface area (Å²) in [4.78, 5) is 7.65. The van der Waals surface area contributed by atoms with Crippen LogP contribution < -0.4 is 10.6 Å². The minimum absolute atomic E-state index is 0. The van der Waals surface area contributed by atoms with Gasteiger partial charge in [0, 0.05) is 37.2 Å². The molecule has 22 heavy (non-hydrogen) atoms. The number of H-pyrrole nitrogens is 1. The van der Waals surface area contributed by atoms with Crippen molar-refractivity contribution in [3.63, 3.8) is 0 Å². The van der Waals surface area contributed by atoms with Crippen molar-refractivity contribution in [3.8, 4) is 0 Å². The molecule has 5 heteroatoms. The standard InChI is InChI=1S/C17H24N4.HI/c1-12-4-3-5-15-14(11-20-16(12)15)8-9-19-17(18-2)21-10-13-6-7-13;/h3-5,11,13,20H,6-10H2,1-2H3,(H2,18,19,21);1H. The van der Waals surface area contributed by atoms with E-state index in [1.165, 1.54) is 34.9 Å². The second kappa shape index (κ2) is 7.85. The second-order valence-corrected chi connectivity index (χ2v) is 5.88. The van der Waals surface area contributed by atoms with Gasteiger partial charge >= 0.3 is 0 Å². The van der Waals surface area contributed by atoms with Gasteiger partial charge in [0.1, 0.15) is 0 Å². The Bertz CT molecular complexity index is 643. The molecule has 0 saturated heterocycles. The predicted octanol–water partition coefficient (Wildman–Crippen LogP) is 3.21. The van der Waals surface area contributed by atoms with Gasteiger partial charge in [0.05, 0.1) is 0 Å². The van der Waals surface area contributed by atoms with E-state index >= 15 is 0 Å². The van der Waals surface area contributed by atoms with Crippen molar-refractivity contribution in [2.45, 2.75) is 26.2 Å². The molecule has 1 saturated carbocycles. The summed E-state index contributed by atoms with van der Waals surface area (Å²) in [7, 11) is 1.83. The van der Waals surface area contributed by atoms with Crippen molar-refractivity contribution in [1.29, 1.82) is 0 Å². The van der Waals surface area contributed by atoms with E-state index in [2.05, 4.69) is 51.9 Å². The second-order valence-electron chi connectivity index (χ2n) is 5.88. The molecule has 0 unspecified atom stereocenters. The molecule has 1 heterocycles. The van der Waals surface area contributed by atoms with Crippen molar-refractivity contribution in [2.24, 2.45) is 10.9 Å². The Labute approximate surface area is 149 Å². The van der Waals surface area contributed by atoms with Crippen LogP contribution >= 0.6 is 24.0 Å². The van der Waals surface area contributed by atoms with E-state index in [1.807, 2.05) is 7.05 Å². The van der Waals surface area contributed by atoms with Crippen LogP contribution in [-0.2, 0) is 6.42 Å². The van der Waals surface area contributed by atoms with E-state index in [0.717, 1.165) is 31.4 Å². The van der Waals surface area contributed by atoms with Crippen LogP contribution in [0.2, 0.25) is 0 Å². The lowest BCUT2D eigenvalue weighted by atomic mass is 10.1. The molecule has 0 amide bonds. The zero-order valence-electron chi connectivity index (χ0n) is 13.3. The number of rotatable bonds is 5. The number of aryl methyl sites for hydroxylation is 1. The fourth-order valence-electron chi connectivity index (χ4n) is 2.67. The summed E-state index contributed by atoms with van der Waals surface area (Å²) in [6, 6.07) is 6.46. The first-order valence-electron chi connectivity index (χ1n) is 7.78. The van der Waals surface area contributed by atoms with Crippen molar-refractivity contribution >= 4 is 40.8 Å². The summed E-state index contributed by atoms with van der Waals surface area (Å²) in [6.07, 6.45) is 5.84. The van der Waals surface area contributed by atoms with Gasteiger partial charge in [-0.2, -0.15) is 0 Å². The molecule has 0 spiro atoms. The van der Waals surface area contributed by atoms with Gasteiger partial charge in [0.2, 0.25) is 0 Å². The van der Waals surface area contributed by atoms with Gasteiger partial charge in [0.15, 0.2) is 5.96 Å². The third-order valence-corrected chi connectivity index (χ3v) is 4.17. The quantitative estimate of drug-likeness (QED) is 0.401. The smallest absolute Gasteiger partial charge is 0.190 e. The first-order valence-corrected chi connectivity index (χ1v) is 7.78. The van der Waals surface area contributed by atoms with Crippen LogP contribution in [-0.4, -0.2) is 31.1 Å². The summed E-state index contributed by atoms with van der Waals surface area (Å²) >= 11 is 0. The van der Waals surface area contributed by atoms with Gasteiger partial charge in [-0.1, -0.05) is 18.2 Å². The lowest BCUT2D eigenvalue weighted by Gasteiger charge is -2.11. The maximum Gasteiger partial charge on any atom is 0.190 e. The SMILES string of the molecule is CN=C(NCCc1c[nH]c2c(C)cccc12)NCC1CC1.I. The molecule has 1 aliphatic rings. The Morgan fingerprint density at radius 1 is 1.32 bits per heavy atom. The van der Waals surface area contributed by atoms with E-state index < -0.39 is 0 Å². The molecule has 0 atom stereocenters. The van der Waals surface area contributed by atoms with E-state index in [0.29, 0.717) is 0 Å². The number of halogens is 1. The Hall–Kier alpha value is -1.24. The topological polar surface area (TPSA) is 52.2 Å². The van der Waals surface area contributed by atoms with Gasteiger partial charge in [-0.3, -0.25) is 4.99 Å². The van der Waals surface area contributed by atoms with E-state index in [-0.39, 0.29) is 24.0 Å². The van der Waals surface area contributed by atoms with Crippen molar-refractivity contribution in [3.05, 3.63) is 35.5 Å². The minimum atomic E-state index is 0. The van der Waals surface area contributed by atoms with Crippen LogP contribution in [0.5, 0.6) is 0 Å². The molecular weight excluding hydrogens is 387 g/mol. The Morgan fingerprint density at radius 3 is 2.86 bits per heavy atom. The fraction of sp³-hybridized carbons (Fsp3) is 0.471. The summed E-state index contributed by atoms with van der Waals surface area (Å²) in [6.45, 7) is 4.09. The van der Waals surface area contributed by atoms with E-state index in [1.54, 1.807) is 0 Å². The molecule has 1 aliphatic carbocycles. The highest BCUT2D eigenvalue weighted by molar-refractivity contribution is 14.0. The molecule has 0 bridgehead atoms. The number of aliphatic imine (C=N–C) groups is 1. The fourth-order valence-corrected chi connectivity index (χ4v) is 2.67. The molecule has 2 aromatic rings. The number of hydrogen-bond donors (Lipinski definition) is 3. The molecule has 120 valence electrons. The van der Waals surface area contributed by atoms with Crippen LogP contribution in [0.1, 0.15) is 24.0 Å². The summed E-state index contributed by atoms with van der Waals surface area (Å²) in [5, 5.41) is 8.12. The molecule has 3 N–H and O–H groups in total. The van der Waals surface area contributed by atoms with Crippen LogP contribution in [0.4, 0.5) is 0 Å². The van der Waals surface area contributed by atoms with Gasteiger partial charge in [-0.05, 0) is 43.2 Å². The maximum atomic E-state index is 4.27. The summed E-state index contributed by atoms with van der Waals surface area (Å²) in [5.74, 6) is 1.78. The largest absolute Gasteiger partial charge is 0.361 e. The maximum absolute atomic E-state index is 4.27. The molecule has 1 fully saturated rings. The number of nitrogens with zero attached hydrogens (tertiary/aromatic N) is 1. The molecular formula is C17H25IN4. The summed E-state index contributed by atoms with van der Waals surface area (Å²) in [5.41, 5.74) is 3.91. The van der Waals surface area contributed by atoms with Gasteiger partial charge in [-0.15, -0.1) is 24.0 Å². The number of aromatic nitrogens is 1. The molecule has 0 radical (unpaired) electrons. The molecule has 4 nitrogen and oxygen atoms in total. The Kier molecular flexibility index (Phi) is 6.11. The third kappa shape index (κ3) is 4.15. The third-order valence-electron chi connectivity index (χ3n) is 4.17. The van der Waals surface area contributed by atoms with Crippen LogP contribution in [0, 0.1) is 12.8 Å². The van der Waals surface area contributed by atoms with Crippen LogP contribution in [0.25, 0.3) is 10.9 Å². The van der Waals surface area contributed by atoms with Crippen molar-refractivity contribution in [1.82, 2.24) is 15.6 Å². The molecule has 0 aliphatic heterocycles. The highest BCUT2D eigenvalue weighted by Crippen LogP contribution is 2.27. The van der Waals surface area contributed by atoms with E-state index in [9.17, 15) is 0 Å². The van der Waals surface area contributed by atoms with Gasteiger partial charge in [0.25, 0.3) is 0 Å². The zero-order valence-corrected chi connectivity index (χ0v) is 15.6. The minimum Gasteiger partial charge on any atom is -0.361 e. The van der Waals surface area contributed by atoms with E-state index in [4.69, 9.17) is 0 Å². The molecule has 1 aromatic carbocycles. The van der Waals surface area contributed by atoms with Crippen molar-refractivity contribution in [2.75, 3.05) is 20.1 Å². The van der Waals surface area contributed by atoms with Crippen LogP contribution in [0.15, 0.2) is 29.4 Å².